The molecule has 2 unspecified atom stereocenters. The SMILES string of the molecule is NC(=O)C1CCCN1C(=O)Nc1cccc(Nc2ncc(Br)c(NCCCNC(=O)C3CCC(=O)N3)n2)c1. The van der Waals surface area contributed by atoms with Crippen LogP contribution >= 0.6 is 15.9 Å². The molecule has 5 amide bonds. The maximum Gasteiger partial charge on any atom is 0.322 e. The predicted molar refractivity (Wildman–Crippen MR) is 145 cm³/mol. The third-order valence-corrected chi connectivity index (χ3v) is 6.79. The summed E-state index contributed by atoms with van der Waals surface area (Å²) in [6.07, 6.45) is 4.47. The van der Waals surface area contributed by atoms with Gasteiger partial charge in [-0.15, -0.1) is 0 Å². The number of amides is 5. The second kappa shape index (κ2) is 12.5. The molecule has 1 aromatic heterocycles. The first-order valence-corrected chi connectivity index (χ1v) is 13.2. The van der Waals surface area contributed by atoms with Crippen molar-refractivity contribution in [3.05, 3.63) is 34.9 Å². The molecule has 0 saturated carbocycles. The summed E-state index contributed by atoms with van der Waals surface area (Å²) in [6, 6.07) is 5.65. The predicted octanol–water partition coefficient (Wildman–Crippen LogP) is 1.66. The second-order valence-corrected chi connectivity index (χ2v) is 9.86. The zero-order chi connectivity index (χ0) is 27.1. The van der Waals surface area contributed by atoms with Crippen LogP contribution in [0.4, 0.5) is 27.9 Å². The maximum absolute atomic E-state index is 12.7. The molecule has 3 heterocycles. The zero-order valence-corrected chi connectivity index (χ0v) is 22.2. The lowest BCUT2D eigenvalue weighted by atomic mass is 10.2. The van der Waals surface area contributed by atoms with E-state index < -0.39 is 18.0 Å². The van der Waals surface area contributed by atoms with Crippen molar-refractivity contribution >= 4 is 62.8 Å². The number of benzene rings is 1. The molecule has 2 aromatic rings. The molecule has 13 nitrogen and oxygen atoms in total. The Morgan fingerprint density at radius 3 is 2.76 bits per heavy atom. The highest BCUT2D eigenvalue weighted by molar-refractivity contribution is 9.10. The fraction of sp³-hybridized carbons (Fsp3) is 0.417. The number of primary amides is 1. The number of hydrogen-bond donors (Lipinski definition) is 6. The molecule has 2 fully saturated rings. The fourth-order valence-electron chi connectivity index (χ4n) is 4.30. The number of hydrogen-bond acceptors (Lipinski definition) is 8. The van der Waals surface area contributed by atoms with Crippen molar-refractivity contribution in [2.45, 2.75) is 44.2 Å². The van der Waals surface area contributed by atoms with Gasteiger partial charge in [0.05, 0.1) is 4.47 Å². The minimum absolute atomic E-state index is 0.0956. The molecule has 0 aliphatic carbocycles. The van der Waals surface area contributed by atoms with Crippen molar-refractivity contribution < 1.29 is 19.2 Å². The van der Waals surface area contributed by atoms with Gasteiger partial charge in [-0.1, -0.05) is 6.07 Å². The van der Waals surface area contributed by atoms with Crippen molar-refractivity contribution in [2.75, 3.05) is 35.6 Å². The van der Waals surface area contributed by atoms with E-state index in [-0.39, 0.29) is 17.8 Å². The molecule has 0 radical (unpaired) electrons. The van der Waals surface area contributed by atoms with Crippen LogP contribution in [0.3, 0.4) is 0 Å². The van der Waals surface area contributed by atoms with Crippen LogP contribution in [0, 0.1) is 0 Å². The lowest BCUT2D eigenvalue weighted by molar-refractivity contribution is -0.125. The molecule has 38 heavy (non-hydrogen) atoms. The number of likely N-dealkylation sites (tertiary alicyclic amines) is 1. The second-order valence-electron chi connectivity index (χ2n) is 9.01. The number of carbonyl (C=O) groups excluding carboxylic acids is 4. The van der Waals surface area contributed by atoms with Gasteiger partial charge in [0, 0.05) is 43.6 Å². The molecule has 0 bridgehead atoms. The highest BCUT2D eigenvalue weighted by atomic mass is 79.9. The third-order valence-electron chi connectivity index (χ3n) is 6.21. The lowest BCUT2D eigenvalue weighted by Crippen LogP contribution is -2.45. The van der Waals surface area contributed by atoms with E-state index in [1.165, 1.54) is 4.90 Å². The topological polar surface area (TPSA) is 183 Å². The quantitative estimate of drug-likeness (QED) is 0.227. The Morgan fingerprint density at radius 2 is 2.00 bits per heavy atom. The van der Waals surface area contributed by atoms with Crippen molar-refractivity contribution in [2.24, 2.45) is 5.73 Å². The van der Waals surface area contributed by atoms with Crippen LogP contribution < -0.4 is 32.3 Å². The van der Waals surface area contributed by atoms with Gasteiger partial charge >= 0.3 is 6.03 Å². The van der Waals surface area contributed by atoms with Crippen molar-refractivity contribution in [1.82, 2.24) is 25.5 Å². The number of halogens is 1. The Labute approximate surface area is 227 Å². The van der Waals surface area contributed by atoms with E-state index >= 15 is 0 Å². The first kappa shape index (κ1) is 27.1. The molecule has 7 N–H and O–H groups in total. The number of anilines is 4. The van der Waals surface area contributed by atoms with Gasteiger partial charge in [-0.2, -0.15) is 4.98 Å². The number of nitrogens with one attached hydrogen (secondary N) is 5. The Hall–Kier alpha value is -3.94. The Kier molecular flexibility index (Phi) is 8.94. The van der Waals surface area contributed by atoms with Crippen LogP contribution in [0.2, 0.25) is 0 Å². The van der Waals surface area contributed by atoms with E-state index in [0.717, 1.165) is 6.42 Å². The van der Waals surface area contributed by atoms with E-state index in [0.29, 0.717) is 72.9 Å². The fourth-order valence-corrected chi connectivity index (χ4v) is 4.63. The van der Waals surface area contributed by atoms with Crippen molar-refractivity contribution in [3.8, 4) is 0 Å². The number of rotatable bonds is 10. The molecule has 14 heteroatoms. The van der Waals surface area contributed by atoms with Crippen LogP contribution in [0.15, 0.2) is 34.9 Å². The van der Waals surface area contributed by atoms with Gasteiger partial charge in [-0.05, 0) is 59.8 Å². The van der Waals surface area contributed by atoms with Crippen LogP contribution in [0.1, 0.15) is 32.1 Å². The first-order valence-electron chi connectivity index (χ1n) is 12.4. The smallest absolute Gasteiger partial charge is 0.322 e. The Balaban J connectivity index is 1.27. The highest BCUT2D eigenvalue weighted by Gasteiger charge is 2.32. The largest absolute Gasteiger partial charge is 0.369 e. The van der Waals surface area contributed by atoms with E-state index in [4.69, 9.17) is 5.73 Å². The first-order chi connectivity index (χ1) is 18.3. The van der Waals surface area contributed by atoms with Crippen LogP contribution in [-0.2, 0) is 14.4 Å². The molecule has 2 aliphatic rings. The van der Waals surface area contributed by atoms with Gasteiger partial charge < -0.3 is 37.2 Å². The van der Waals surface area contributed by atoms with Gasteiger partial charge in [0.25, 0.3) is 0 Å². The molecule has 2 aliphatic heterocycles. The average Bonchev–Trinajstić information content (AvgIpc) is 3.55. The summed E-state index contributed by atoms with van der Waals surface area (Å²) in [6.45, 7) is 1.49. The molecular weight excluding hydrogens is 558 g/mol. The summed E-state index contributed by atoms with van der Waals surface area (Å²) >= 11 is 3.43. The third kappa shape index (κ3) is 7.09. The number of nitrogens with zero attached hydrogens (tertiary/aromatic N) is 3. The minimum atomic E-state index is -0.593. The number of carbonyl (C=O) groups is 4. The van der Waals surface area contributed by atoms with Gasteiger partial charge in [-0.25, -0.2) is 9.78 Å². The molecule has 1 aromatic carbocycles. The van der Waals surface area contributed by atoms with Crippen molar-refractivity contribution in [3.63, 3.8) is 0 Å². The van der Waals surface area contributed by atoms with Crippen LogP contribution in [0.25, 0.3) is 0 Å². The van der Waals surface area contributed by atoms with Gasteiger partial charge in [0.2, 0.25) is 23.7 Å². The minimum Gasteiger partial charge on any atom is -0.369 e. The monoisotopic (exact) mass is 587 g/mol. The van der Waals surface area contributed by atoms with E-state index in [2.05, 4.69) is 52.5 Å². The Morgan fingerprint density at radius 1 is 1.18 bits per heavy atom. The lowest BCUT2D eigenvalue weighted by Gasteiger charge is -2.22. The zero-order valence-electron chi connectivity index (χ0n) is 20.6. The summed E-state index contributed by atoms with van der Waals surface area (Å²) in [5.74, 6) is 0.151. The Bertz CT molecular complexity index is 1210. The molecule has 2 saturated heterocycles. The number of aromatic nitrogens is 2. The van der Waals surface area contributed by atoms with Gasteiger partial charge in [0.1, 0.15) is 17.9 Å². The molecular formula is C24H30BrN9O4. The summed E-state index contributed by atoms with van der Waals surface area (Å²) < 4.78 is 0.677. The summed E-state index contributed by atoms with van der Waals surface area (Å²) in [7, 11) is 0. The normalized spacial score (nSPS) is 18.6. The number of urea groups is 1. The maximum atomic E-state index is 12.7. The van der Waals surface area contributed by atoms with Gasteiger partial charge in [-0.3, -0.25) is 14.4 Å². The molecule has 0 spiro atoms. The number of nitrogens with two attached hydrogens (primary N) is 1. The van der Waals surface area contributed by atoms with Crippen LogP contribution in [-0.4, -0.2) is 70.3 Å². The van der Waals surface area contributed by atoms with E-state index in [1.807, 2.05) is 6.07 Å². The molecule has 202 valence electrons. The molecule has 4 rings (SSSR count). The van der Waals surface area contributed by atoms with Gasteiger partial charge in [0.15, 0.2) is 0 Å². The van der Waals surface area contributed by atoms with E-state index in [9.17, 15) is 19.2 Å². The van der Waals surface area contributed by atoms with E-state index in [1.54, 1.807) is 24.4 Å². The standard InChI is InChI=1S/C24H30BrN9O4/c25-16-13-29-23(33-21(16)27-9-3-10-28-22(37)17-7-8-19(35)32-17)30-14-4-1-5-15(12-14)31-24(38)34-11-2-6-18(34)20(26)36/h1,4-5,12-13,17-18H,2-3,6-11H2,(H2,26,36)(H,28,37)(H,31,38)(H,32,35)(H2,27,29,30,33). The summed E-state index contributed by atoms with van der Waals surface area (Å²) in [4.78, 5) is 57.8. The summed E-state index contributed by atoms with van der Waals surface area (Å²) in [5.41, 5.74) is 6.62. The summed E-state index contributed by atoms with van der Waals surface area (Å²) in [5, 5.41) is 14.6. The molecule has 2 atom stereocenters. The average molecular weight is 588 g/mol. The van der Waals surface area contributed by atoms with Crippen molar-refractivity contribution in [1.29, 1.82) is 0 Å². The van der Waals surface area contributed by atoms with Crippen LogP contribution in [0.5, 0.6) is 0 Å². The highest BCUT2D eigenvalue weighted by Crippen LogP contribution is 2.24.